The van der Waals surface area contributed by atoms with Crippen molar-refractivity contribution >= 4 is 11.9 Å². The first-order valence-electron chi connectivity index (χ1n) is 8.04. The van der Waals surface area contributed by atoms with Gasteiger partial charge in [0, 0.05) is 30.2 Å². The van der Waals surface area contributed by atoms with Gasteiger partial charge < -0.3 is 14.6 Å². The SMILES string of the molecule is O=C(COC(=O)c1cccc(-n2cccc2)c1)NCc1ccccc1F. The molecule has 0 aliphatic heterocycles. The Kier molecular flexibility index (Phi) is 5.43. The monoisotopic (exact) mass is 352 g/mol. The second kappa shape index (κ2) is 8.11. The Bertz CT molecular complexity index is 907. The molecule has 1 aromatic heterocycles. The average Bonchev–Trinajstić information content (AvgIpc) is 3.20. The van der Waals surface area contributed by atoms with Crippen molar-refractivity contribution < 1.29 is 18.7 Å². The topological polar surface area (TPSA) is 60.3 Å². The number of carbonyl (C=O) groups excluding carboxylic acids is 2. The van der Waals surface area contributed by atoms with Crippen LogP contribution in [0.4, 0.5) is 4.39 Å². The van der Waals surface area contributed by atoms with E-state index in [0.29, 0.717) is 11.1 Å². The molecule has 26 heavy (non-hydrogen) atoms. The molecule has 0 aliphatic carbocycles. The number of aromatic nitrogens is 1. The highest BCUT2D eigenvalue weighted by Crippen LogP contribution is 2.12. The van der Waals surface area contributed by atoms with Crippen LogP contribution in [0.3, 0.4) is 0 Å². The molecule has 2 aromatic carbocycles. The van der Waals surface area contributed by atoms with E-state index in [9.17, 15) is 14.0 Å². The fourth-order valence-corrected chi connectivity index (χ4v) is 2.40. The van der Waals surface area contributed by atoms with Crippen LogP contribution >= 0.6 is 0 Å². The number of nitrogens with zero attached hydrogens (tertiary/aromatic N) is 1. The molecule has 0 fully saturated rings. The van der Waals surface area contributed by atoms with Crippen molar-refractivity contribution in [1.29, 1.82) is 0 Å². The highest BCUT2D eigenvalue weighted by atomic mass is 19.1. The van der Waals surface area contributed by atoms with Gasteiger partial charge in [-0.3, -0.25) is 4.79 Å². The second-order valence-electron chi connectivity index (χ2n) is 5.58. The maximum Gasteiger partial charge on any atom is 0.338 e. The summed E-state index contributed by atoms with van der Waals surface area (Å²) in [6.45, 7) is -0.396. The van der Waals surface area contributed by atoms with Gasteiger partial charge in [0.15, 0.2) is 6.61 Å². The maximum atomic E-state index is 13.5. The fraction of sp³-hybridized carbons (Fsp3) is 0.100. The van der Waals surface area contributed by atoms with Gasteiger partial charge in [-0.25, -0.2) is 9.18 Å². The zero-order valence-corrected chi connectivity index (χ0v) is 13.9. The van der Waals surface area contributed by atoms with Crippen molar-refractivity contribution in [2.45, 2.75) is 6.54 Å². The van der Waals surface area contributed by atoms with Crippen LogP contribution in [0.1, 0.15) is 15.9 Å². The first-order chi connectivity index (χ1) is 12.6. The fourth-order valence-electron chi connectivity index (χ4n) is 2.40. The molecular formula is C20H17FN2O3. The van der Waals surface area contributed by atoms with Gasteiger partial charge in [-0.2, -0.15) is 0 Å². The molecule has 1 amide bonds. The molecule has 0 bridgehead atoms. The van der Waals surface area contributed by atoms with E-state index >= 15 is 0 Å². The zero-order valence-electron chi connectivity index (χ0n) is 13.9. The largest absolute Gasteiger partial charge is 0.452 e. The van der Waals surface area contributed by atoms with Crippen LogP contribution in [0.25, 0.3) is 5.69 Å². The van der Waals surface area contributed by atoms with Crippen LogP contribution in [0.15, 0.2) is 73.1 Å². The van der Waals surface area contributed by atoms with Gasteiger partial charge in [0.25, 0.3) is 5.91 Å². The minimum atomic E-state index is -0.597. The van der Waals surface area contributed by atoms with Crippen molar-refractivity contribution in [3.05, 3.63) is 90.0 Å². The van der Waals surface area contributed by atoms with Crippen LogP contribution in [0, 0.1) is 5.82 Å². The quantitative estimate of drug-likeness (QED) is 0.694. The highest BCUT2D eigenvalue weighted by molar-refractivity contribution is 5.91. The van der Waals surface area contributed by atoms with Gasteiger partial charge >= 0.3 is 5.97 Å². The molecular weight excluding hydrogens is 335 g/mol. The summed E-state index contributed by atoms with van der Waals surface area (Å²) < 4.78 is 20.4. The predicted octanol–water partition coefficient (Wildman–Crippen LogP) is 3.09. The molecule has 1 N–H and O–H groups in total. The third-order valence-corrected chi connectivity index (χ3v) is 3.75. The lowest BCUT2D eigenvalue weighted by Gasteiger charge is -2.08. The average molecular weight is 352 g/mol. The molecule has 5 nitrogen and oxygen atoms in total. The normalized spacial score (nSPS) is 10.3. The molecule has 0 spiro atoms. The van der Waals surface area contributed by atoms with Gasteiger partial charge in [0.2, 0.25) is 0 Å². The van der Waals surface area contributed by atoms with E-state index in [0.717, 1.165) is 5.69 Å². The van der Waals surface area contributed by atoms with Crippen molar-refractivity contribution in [3.63, 3.8) is 0 Å². The number of ether oxygens (including phenoxy) is 1. The number of halogens is 1. The summed E-state index contributed by atoms with van der Waals surface area (Å²) in [5.74, 6) is -1.49. The number of amides is 1. The molecule has 0 radical (unpaired) electrons. The minimum Gasteiger partial charge on any atom is -0.452 e. The lowest BCUT2D eigenvalue weighted by atomic mass is 10.2. The van der Waals surface area contributed by atoms with Crippen LogP contribution in [-0.2, 0) is 16.1 Å². The molecule has 0 saturated carbocycles. The molecule has 1 heterocycles. The van der Waals surface area contributed by atoms with Gasteiger partial charge in [-0.15, -0.1) is 0 Å². The van der Waals surface area contributed by atoms with Crippen LogP contribution < -0.4 is 5.32 Å². The Labute approximate surface area is 150 Å². The molecule has 0 saturated heterocycles. The number of rotatable bonds is 6. The summed E-state index contributed by atoms with van der Waals surface area (Å²) in [5.41, 5.74) is 1.53. The lowest BCUT2D eigenvalue weighted by molar-refractivity contribution is -0.124. The summed E-state index contributed by atoms with van der Waals surface area (Å²) in [6.07, 6.45) is 3.72. The Balaban J connectivity index is 1.53. The second-order valence-corrected chi connectivity index (χ2v) is 5.58. The first-order valence-corrected chi connectivity index (χ1v) is 8.04. The maximum absolute atomic E-state index is 13.5. The summed E-state index contributed by atoms with van der Waals surface area (Å²) in [6, 6.07) is 16.8. The number of hydrogen-bond donors (Lipinski definition) is 1. The van der Waals surface area contributed by atoms with Crippen LogP contribution in [0.5, 0.6) is 0 Å². The minimum absolute atomic E-state index is 0.0339. The summed E-state index contributed by atoms with van der Waals surface area (Å²) in [7, 11) is 0. The van der Waals surface area contributed by atoms with Gasteiger partial charge in [-0.05, 0) is 36.4 Å². The number of carbonyl (C=O) groups is 2. The molecule has 0 aliphatic rings. The predicted molar refractivity (Wildman–Crippen MR) is 94.3 cm³/mol. The molecule has 6 heteroatoms. The highest BCUT2D eigenvalue weighted by Gasteiger charge is 2.11. The third-order valence-electron chi connectivity index (χ3n) is 3.75. The summed E-state index contributed by atoms with van der Waals surface area (Å²) in [5, 5.41) is 2.52. The molecule has 3 aromatic rings. The van der Waals surface area contributed by atoms with Gasteiger partial charge in [-0.1, -0.05) is 24.3 Å². The zero-order chi connectivity index (χ0) is 18.4. The van der Waals surface area contributed by atoms with E-state index in [1.807, 2.05) is 35.2 Å². The van der Waals surface area contributed by atoms with Crippen molar-refractivity contribution in [2.75, 3.05) is 6.61 Å². The Morgan fingerprint density at radius 1 is 1.00 bits per heavy atom. The molecule has 0 unspecified atom stereocenters. The molecule has 132 valence electrons. The van der Waals surface area contributed by atoms with E-state index in [2.05, 4.69) is 5.32 Å². The number of benzene rings is 2. The van der Waals surface area contributed by atoms with E-state index < -0.39 is 24.3 Å². The number of hydrogen-bond acceptors (Lipinski definition) is 3. The van der Waals surface area contributed by atoms with E-state index in [4.69, 9.17) is 4.74 Å². The standard InChI is InChI=1S/C20H17FN2O3/c21-18-9-2-1-6-16(18)13-22-19(24)14-26-20(25)15-7-5-8-17(12-15)23-10-3-4-11-23/h1-12H,13-14H2,(H,22,24). The number of esters is 1. The Morgan fingerprint density at radius 2 is 1.77 bits per heavy atom. The van der Waals surface area contributed by atoms with Crippen LogP contribution in [-0.4, -0.2) is 23.1 Å². The first kappa shape index (κ1) is 17.4. The lowest BCUT2D eigenvalue weighted by Crippen LogP contribution is -2.28. The van der Waals surface area contributed by atoms with Crippen molar-refractivity contribution in [3.8, 4) is 5.69 Å². The van der Waals surface area contributed by atoms with Gasteiger partial charge in [0.1, 0.15) is 5.82 Å². The van der Waals surface area contributed by atoms with Gasteiger partial charge in [0.05, 0.1) is 5.56 Å². The number of nitrogens with one attached hydrogen (secondary N) is 1. The third kappa shape index (κ3) is 4.36. The van der Waals surface area contributed by atoms with Crippen molar-refractivity contribution in [2.24, 2.45) is 0 Å². The molecule has 0 atom stereocenters. The Morgan fingerprint density at radius 3 is 2.54 bits per heavy atom. The van der Waals surface area contributed by atoms with E-state index in [1.54, 1.807) is 36.4 Å². The molecule has 3 rings (SSSR count). The van der Waals surface area contributed by atoms with E-state index in [-0.39, 0.29) is 6.54 Å². The Hall–Kier alpha value is -3.41. The summed E-state index contributed by atoms with van der Waals surface area (Å²) in [4.78, 5) is 23.9. The smallest absolute Gasteiger partial charge is 0.338 e. The summed E-state index contributed by atoms with van der Waals surface area (Å²) >= 11 is 0. The van der Waals surface area contributed by atoms with E-state index in [1.165, 1.54) is 6.07 Å². The van der Waals surface area contributed by atoms with Crippen LogP contribution in [0.2, 0.25) is 0 Å². The van der Waals surface area contributed by atoms with Crippen molar-refractivity contribution in [1.82, 2.24) is 9.88 Å².